The number of aromatic nitrogens is 3. The third-order valence-corrected chi connectivity index (χ3v) is 3.42. The highest BCUT2D eigenvalue weighted by atomic mass is 35.5. The van der Waals surface area contributed by atoms with Crippen LogP contribution in [0.2, 0.25) is 15.2 Å². The van der Waals surface area contributed by atoms with E-state index in [0.717, 1.165) is 12.2 Å². The van der Waals surface area contributed by atoms with Gasteiger partial charge in [-0.25, -0.2) is 9.97 Å². The van der Waals surface area contributed by atoms with Gasteiger partial charge in [-0.1, -0.05) is 41.7 Å². The first-order valence-corrected chi connectivity index (χ1v) is 6.52. The Morgan fingerprint density at radius 1 is 1.33 bits per heavy atom. The molecule has 0 saturated heterocycles. The summed E-state index contributed by atoms with van der Waals surface area (Å²) in [4.78, 5) is 11.4. The van der Waals surface area contributed by atoms with E-state index in [4.69, 9.17) is 34.8 Å². The van der Waals surface area contributed by atoms with Gasteiger partial charge in [-0.15, -0.1) is 0 Å². The lowest BCUT2D eigenvalue weighted by atomic mass is 10.2. The van der Waals surface area contributed by atoms with Crippen LogP contribution in [0.5, 0.6) is 0 Å². The molecule has 0 aliphatic carbocycles. The highest BCUT2D eigenvalue weighted by Crippen LogP contribution is 2.31. The summed E-state index contributed by atoms with van der Waals surface area (Å²) in [6, 6.07) is 1.55. The Morgan fingerprint density at radius 2 is 2.11 bits per heavy atom. The maximum absolute atomic E-state index is 6.07. The number of hydrogen-bond donors (Lipinski definition) is 2. The van der Waals surface area contributed by atoms with Gasteiger partial charge in [0, 0.05) is 12.4 Å². The molecule has 0 saturated carbocycles. The molecule has 0 aliphatic heterocycles. The Labute approximate surface area is 120 Å². The average Bonchev–Trinajstić information content (AvgIpc) is 2.85. The van der Waals surface area contributed by atoms with Crippen molar-refractivity contribution in [3.63, 3.8) is 0 Å². The van der Waals surface area contributed by atoms with Crippen molar-refractivity contribution < 1.29 is 0 Å². The van der Waals surface area contributed by atoms with E-state index >= 15 is 0 Å². The number of nitrogens with one attached hydrogen (secondary N) is 2. The number of rotatable bonds is 4. The fourth-order valence-corrected chi connectivity index (χ4v) is 2.09. The van der Waals surface area contributed by atoms with E-state index in [0.29, 0.717) is 15.9 Å². The minimum absolute atomic E-state index is 0.0118. The van der Waals surface area contributed by atoms with E-state index < -0.39 is 0 Å². The van der Waals surface area contributed by atoms with Gasteiger partial charge in [0.15, 0.2) is 0 Å². The second-order valence-electron chi connectivity index (χ2n) is 3.67. The zero-order valence-corrected chi connectivity index (χ0v) is 11.8. The van der Waals surface area contributed by atoms with Crippen LogP contribution in [0.4, 0.5) is 5.82 Å². The third-order valence-electron chi connectivity index (χ3n) is 2.46. The van der Waals surface area contributed by atoms with E-state index in [1.807, 2.05) is 6.92 Å². The highest BCUT2D eigenvalue weighted by molar-refractivity contribution is 6.42. The first-order chi connectivity index (χ1) is 8.61. The molecule has 1 atom stereocenters. The summed E-state index contributed by atoms with van der Waals surface area (Å²) in [6.45, 7) is 2.03. The Balaban J connectivity index is 2.25. The molecule has 0 aromatic carbocycles. The van der Waals surface area contributed by atoms with Crippen LogP contribution < -0.4 is 5.32 Å². The third kappa shape index (κ3) is 2.88. The Hall–Kier alpha value is -0.970. The molecule has 2 rings (SSSR count). The van der Waals surface area contributed by atoms with Crippen LogP contribution in [0.3, 0.4) is 0 Å². The lowest BCUT2D eigenvalue weighted by Crippen LogP contribution is -2.12. The van der Waals surface area contributed by atoms with E-state index in [1.54, 1.807) is 18.5 Å². The summed E-state index contributed by atoms with van der Waals surface area (Å²) in [5.41, 5.74) is 0. The number of anilines is 1. The van der Waals surface area contributed by atoms with E-state index in [9.17, 15) is 0 Å². The molecule has 0 amide bonds. The molecular formula is C11H11Cl3N4. The van der Waals surface area contributed by atoms with Crippen LogP contribution in [-0.2, 0) is 0 Å². The van der Waals surface area contributed by atoms with Gasteiger partial charge < -0.3 is 10.3 Å². The van der Waals surface area contributed by atoms with E-state index in [1.165, 1.54) is 0 Å². The van der Waals surface area contributed by atoms with Crippen molar-refractivity contribution in [3.05, 3.63) is 39.5 Å². The fraction of sp³-hybridized carbons (Fsp3) is 0.273. The Kier molecular flexibility index (Phi) is 4.32. The van der Waals surface area contributed by atoms with Crippen molar-refractivity contribution in [1.29, 1.82) is 0 Å². The molecule has 96 valence electrons. The number of aromatic amines is 1. The number of hydrogen-bond acceptors (Lipinski definition) is 3. The number of halogens is 3. The molecule has 0 aliphatic rings. The van der Waals surface area contributed by atoms with Gasteiger partial charge in [-0.05, 0) is 12.5 Å². The SMILES string of the molecule is CCC(Nc1nc(Cl)c(Cl)cc1Cl)c1ncc[nH]1. The maximum atomic E-state index is 6.07. The van der Waals surface area contributed by atoms with Gasteiger partial charge >= 0.3 is 0 Å². The monoisotopic (exact) mass is 304 g/mol. The quantitative estimate of drug-likeness (QED) is 0.827. The predicted octanol–water partition coefficient (Wildman–Crippen LogP) is 4.33. The lowest BCUT2D eigenvalue weighted by Gasteiger charge is -2.16. The fourth-order valence-electron chi connectivity index (χ4n) is 1.54. The van der Waals surface area contributed by atoms with Gasteiger partial charge in [0.05, 0.1) is 16.1 Å². The van der Waals surface area contributed by atoms with Crippen molar-refractivity contribution in [2.45, 2.75) is 19.4 Å². The molecular weight excluding hydrogens is 295 g/mol. The van der Waals surface area contributed by atoms with Gasteiger partial charge in [-0.2, -0.15) is 0 Å². The molecule has 0 spiro atoms. The Morgan fingerprint density at radius 3 is 2.72 bits per heavy atom. The summed E-state index contributed by atoms with van der Waals surface area (Å²) in [6.07, 6.45) is 4.29. The van der Waals surface area contributed by atoms with Crippen LogP contribution in [-0.4, -0.2) is 15.0 Å². The van der Waals surface area contributed by atoms with Crippen LogP contribution in [0.15, 0.2) is 18.5 Å². The topological polar surface area (TPSA) is 53.6 Å². The van der Waals surface area contributed by atoms with Crippen molar-refractivity contribution in [2.75, 3.05) is 5.32 Å². The largest absolute Gasteiger partial charge is 0.359 e. The lowest BCUT2D eigenvalue weighted by molar-refractivity contribution is 0.700. The van der Waals surface area contributed by atoms with E-state index in [-0.39, 0.29) is 11.2 Å². The van der Waals surface area contributed by atoms with Gasteiger partial charge in [0.1, 0.15) is 16.8 Å². The number of H-pyrrole nitrogens is 1. The van der Waals surface area contributed by atoms with Crippen molar-refractivity contribution in [3.8, 4) is 0 Å². The molecule has 2 N–H and O–H groups in total. The molecule has 1 unspecified atom stereocenters. The maximum Gasteiger partial charge on any atom is 0.150 e. The first kappa shape index (κ1) is 13.5. The zero-order chi connectivity index (χ0) is 13.1. The molecule has 2 heterocycles. The van der Waals surface area contributed by atoms with Gasteiger partial charge in [-0.3, -0.25) is 0 Å². The predicted molar refractivity (Wildman–Crippen MR) is 74.5 cm³/mol. The summed E-state index contributed by atoms with van der Waals surface area (Å²) in [7, 11) is 0. The molecule has 0 radical (unpaired) electrons. The number of nitrogens with zero attached hydrogens (tertiary/aromatic N) is 2. The van der Waals surface area contributed by atoms with E-state index in [2.05, 4.69) is 20.3 Å². The molecule has 0 bridgehead atoms. The summed E-state index contributed by atoms with van der Waals surface area (Å²) < 4.78 is 0. The number of pyridine rings is 1. The Bertz CT molecular complexity index is 527. The van der Waals surface area contributed by atoms with Gasteiger partial charge in [0.2, 0.25) is 0 Å². The zero-order valence-electron chi connectivity index (χ0n) is 9.54. The standard InChI is InChI=1S/C11H11Cl3N4/c1-2-8(11-15-3-4-16-11)17-10-7(13)5-6(12)9(14)18-10/h3-5,8H,2H2,1H3,(H,15,16)(H,17,18). The van der Waals surface area contributed by atoms with Crippen LogP contribution in [0.1, 0.15) is 25.2 Å². The van der Waals surface area contributed by atoms with Crippen LogP contribution >= 0.6 is 34.8 Å². The molecule has 7 heteroatoms. The molecule has 18 heavy (non-hydrogen) atoms. The number of imidazole rings is 1. The average molecular weight is 306 g/mol. The molecule has 2 aromatic rings. The summed E-state index contributed by atoms with van der Waals surface area (Å²) >= 11 is 17.8. The molecule has 2 aromatic heterocycles. The molecule has 0 fully saturated rings. The smallest absolute Gasteiger partial charge is 0.150 e. The summed E-state index contributed by atoms with van der Waals surface area (Å²) in [5, 5.41) is 4.16. The minimum atomic E-state index is -0.0118. The second kappa shape index (κ2) is 5.78. The van der Waals surface area contributed by atoms with Crippen molar-refractivity contribution in [2.24, 2.45) is 0 Å². The highest BCUT2D eigenvalue weighted by Gasteiger charge is 2.15. The summed E-state index contributed by atoms with van der Waals surface area (Å²) in [5.74, 6) is 1.32. The normalized spacial score (nSPS) is 12.4. The van der Waals surface area contributed by atoms with Gasteiger partial charge in [0.25, 0.3) is 0 Å². The molecule has 4 nitrogen and oxygen atoms in total. The van der Waals surface area contributed by atoms with Crippen molar-refractivity contribution in [1.82, 2.24) is 15.0 Å². The second-order valence-corrected chi connectivity index (χ2v) is 4.84. The first-order valence-electron chi connectivity index (χ1n) is 5.39. The van der Waals surface area contributed by atoms with Crippen LogP contribution in [0, 0.1) is 0 Å². The minimum Gasteiger partial charge on any atom is -0.359 e. The van der Waals surface area contributed by atoms with Crippen LogP contribution in [0.25, 0.3) is 0 Å². The van der Waals surface area contributed by atoms with Crippen molar-refractivity contribution >= 4 is 40.6 Å².